The summed E-state index contributed by atoms with van der Waals surface area (Å²) in [6.45, 7) is 0.572. The number of benzene rings is 3. The average Bonchev–Trinajstić information content (AvgIpc) is 3.15. The lowest BCUT2D eigenvalue weighted by molar-refractivity contribution is -0.139. The Morgan fingerprint density at radius 3 is 2.25 bits per heavy atom. The largest absolute Gasteiger partial charge is 0.497 e. The molecule has 0 spiro atoms. The highest BCUT2D eigenvalue weighted by molar-refractivity contribution is 5.80. The molecule has 1 amide bonds. The normalized spacial score (nSPS) is 16.7. The average molecular weight is 429 g/mol. The molecule has 32 heavy (non-hydrogen) atoms. The van der Waals surface area contributed by atoms with E-state index in [1.165, 1.54) is 4.90 Å². The van der Waals surface area contributed by atoms with Crippen LogP contribution in [0.1, 0.15) is 34.1 Å². The van der Waals surface area contributed by atoms with Crippen molar-refractivity contribution in [3.63, 3.8) is 0 Å². The van der Waals surface area contributed by atoms with E-state index in [1.54, 1.807) is 19.2 Å². The van der Waals surface area contributed by atoms with Crippen molar-refractivity contribution in [3.05, 3.63) is 89.0 Å². The van der Waals surface area contributed by atoms with Gasteiger partial charge in [0.25, 0.3) is 0 Å². The number of ether oxygens (including phenoxy) is 2. The van der Waals surface area contributed by atoms with Crippen LogP contribution >= 0.6 is 0 Å². The predicted molar refractivity (Wildman–Crippen MR) is 119 cm³/mol. The molecule has 0 aromatic heterocycles. The zero-order chi connectivity index (χ0) is 22.2. The number of carbonyl (C=O) groups is 2. The third-order valence-corrected chi connectivity index (χ3v) is 6.38. The maximum absolute atomic E-state index is 13.0. The molecule has 0 fully saturated rings. The number of methoxy groups -OCH3 is 1. The molecule has 2 aliphatic rings. The molecule has 0 radical (unpaired) electrons. The lowest BCUT2D eigenvalue weighted by atomic mass is 9.89. The lowest BCUT2D eigenvalue weighted by Gasteiger charge is -2.32. The first-order valence-electron chi connectivity index (χ1n) is 10.6. The van der Waals surface area contributed by atoms with E-state index in [-0.39, 0.29) is 19.1 Å². The van der Waals surface area contributed by atoms with Crippen LogP contribution in [0.15, 0.2) is 66.7 Å². The fourth-order valence-corrected chi connectivity index (χ4v) is 4.79. The predicted octanol–water partition coefficient (Wildman–Crippen LogP) is 4.63. The van der Waals surface area contributed by atoms with Crippen LogP contribution in [0, 0.1) is 0 Å². The zero-order valence-corrected chi connectivity index (χ0v) is 17.7. The van der Waals surface area contributed by atoms with Gasteiger partial charge in [-0.15, -0.1) is 0 Å². The summed E-state index contributed by atoms with van der Waals surface area (Å²) in [5.41, 5.74) is 6.08. The second-order valence-electron chi connectivity index (χ2n) is 8.14. The molecule has 162 valence electrons. The van der Waals surface area contributed by atoms with Crippen molar-refractivity contribution in [3.8, 4) is 16.9 Å². The highest BCUT2D eigenvalue weighted by Gasteiger charge is 2.35. The second kappa shape index (κ2) is 8.04. The minimum atomic E-state index is -0.976. The van der Waals surface area contributed by atoms with E-state index in [2.05, 4.69) is 24.3 Å². The van der Waals surface area contributed by atoms with E-state index >= 15 is 0 Å². The number of aliphatic carboxylic acids is 1. The molecule has 1 N–H and O–H groups in total. The maximum atomic E-state index is 13.0. The van der Waals surface area contributed by atoms with Gasteiger partial charge in [-0.25, -0.2) is 4.79 Å². The molecule has 0 saturated heterocycles. The Balaban J connectivity index is 1.35. The number of amides is 1. The molecule has 1 aliphatic heterocycles. The van der Waals surface area contributed by atoms with E-state index in [9.17, 15) is 14.7 Å². The van der Waals surface area contributed by atoms with Crippen molar-refractivity contribution in [1.82, 2.24) is 4.90 Å². The topological polar surface area (TPSA) is 76.1 Å². The summed E-state index contributed by atoms with van der Waals surface area (Å²) in [6, 6.07) is 21.6. The summed E-state index contributed by atoms with van der Waals surface area (Å²) in [7, 11) is 1.54. The van der Waals surface area contributed by atoms with Gasteiger partial charge in [-0.1, -0.05) is 54.6 Å². The van der Waals surface area contributed by atoms with Gasteiger partial charge in [0.15, 0.2) is 0 Å². The molecule has 1 aliphatic carbocycles. The van der Waals surface area contributed by atoms with Crippen LogP contribution < -0.4 is 4.74 Å². The Morgan fingerprint density at radius 1 is 0.969 bits per heavy atom. The van der Waals surface area contributed by atoms with Gasteiger partial charge in [0, 0.05) is 19.0 Å². The second-order valence-corrected chi connectivity index (χ2v) is 8.14. The lowest BCUT2D eigenvalue weighted by Crippen LogP contribution is -2.41. The third kappa shape index (κ3) is 3.38. The minimum Gasteiger partial charge on any atom is -0.497 e. The Labute approximate surface area is 186 Å². The fourth-order valence-electron chi connectivity index (χ4n) is 4.79. The van der Waals surface area contributed by atoms with Crippen LogP contribution in [0.3, 0.4) is 0 Å². The summed E-state index contributed by atoms with van der Waals surface area (Å²) in [4.78, 5) is 26.3. The first kappa shape index (κ1) is 20.1. The maximum Gasteiger partial charge on any atom is 0.410 e. The van der Waals surface area contributed by atoms with E-state index in [0.29, 0.717) is 17.9 Å². The molecular weight excluding hydrogens is 406 g/mol. The summed E-state index contributed by atoms with van der Waals surface area (Å²) in [5, 5.41) is 9.75. The first-order valence-corrected chi connectivity index (χ1v) is 10.6. The number of nitrogens with zero attached hydrogens (tertiary/aromatic N) is 1. The SMILES string of the molecule is COc1ccc2c(c1)[C@H](C(=O)O)CN(C(=O)OCC1c3ccccc3-c3ccccc31)C2. The summed E-state index contributed by atoms with van der Waals surface area (Å²) in [5.74, 6) is -1.24. The number of fused-ring (bicyclic) bond motifs is 4. The molecule has 6 nitrogen and oxygen atoms in total. The number of rotatable bonds is 4. The van der Waals surface area contributed by atoms with Crippen molar-refractivity contribution in [2.45, 2.75) is 18.4 Å². The Hall–Kier alpha value is -3.80. The molecule has 1 heterocycles. The number of carboxylic acid groups (broad SMARTS) is 1. The van der Waals surface area contributed by atoms with Crippen molar-refractivity contribution >= 4 is 12.1 Å². The molecule has 6 heteroatoms. The highest BCUT2D eigenvalue weighted by atomic mass is 16.6. The van der Waals surface area contributed by atoms with Crippen LogP contribution in [0.5, 0.6) is 5.75 Å². The Kier molecular flexibility index (Phi) is 5.05. The van der Waals surface area contributed by atoms with Gasteiger partial charge >= 0.3 is 12.1 Å². The molecule has 3 aromatic rings. The monoisotopic (exact) mass is 429 g/mol. The molecular formula is C26H23NO5. The zero-order valence-electron chi connectivity index (χ0n) is 17.7. The molecule has 1 atom stereocenters. The van der Waals surface area contributed by atoms with Gasteiger partial charge in [0.1, 0.15) is 12.4 Å². The van der Waals surface area contributed by atoms with E-state index in [4.69, 9.17) is 9.47 Å². The highest BCUT2D eigenvalue weighted by Crippen LogP contribution is 2.44. The van der Waals surface area contributed by atoms with Crippen LogP contribution in [0.25, 0.3) is 11.1 Å². The van der Waals surface area contributed by atoms with Crippen LogP contribution in [0.4, 0.5) is 4.79 Å². The molecule has 3 aromatic carbocycles. The van der Waals surface area contributed by atoms with E-state index in [0.717, 1.165) is 27.8 Å². The summed E-state index contributed by atoms with van der Waals surface area (Å²) in [6.07, 6.45) is -0.500. The minimum absolute atomic E-state index is 0.0389. The van der Waals surface area contributed by atoms with E-state index < -0.39 is 18.0 Å². The van der Waals surface area contributed by atoms with Gasteiger partial charge in [-0.3, -0.25) is 4.79 Å². The molecule has 0 unspecified atom stereocenters. The molecule has 0 bridgehead atoms. The van der Waals surface area contributed by atoms with Gasteiger partial charge in [-0.05, 0) is 45.5 Å². The number of hydrogen-bond acceptors (Lipinski definition) is 4. The smallest absolute Gasteiger partial charge is 0.410 e. The van der Waals surface area contributed by atoms with Gasteiger partial charge in [-0.2, -0.15) is 0 Å². The van der Waals surface area contributed by atoms with Crippen LogP contribution in [-0.4, -0.2) is 42.3 Å². The number of hydrogen-bond donors (Lipinski definition) is 1. The third-order valence-electron chi connectivity index (χ3n) is 6.38. The van der Waals surface area contributed by atoms with Crippen molar-refractivity contribution in [2.24, 2.45) is 0 Å². The van der Waals surface area contributed by atoms with Crippen LogP contribution in [-0.2, 0) is 16.1 Å². The quantitative estimate of drug-likeness (QED) is 0.655. The van der Waals surface area contributed by atoms with Gasteiger partial charge in [0.2, 0.25) is 0 Å². The molecule has 0 saturated carbocycles. The van der Waals surface area contributed by atoms with Crippen molar-refractivity contribution in [1.29, 1.82) is 0 Å². The van der Waals surface area contributed by atoms with Crippen LogP contribution in [0.2, 0.25) is 0 Å². The fraction of sp³-hybridized carbons (Fsp3) is 0.231. The number of carbonyl (C=O) groups excluding carboxylic acids is 1. The van der Waals surface area contributed by atoms with E-state index in [1.807, 2.05) is 30.3 Å². The van der Waals surface area contributed by atoms with Gasteiger partial charge < -0.3 is 19.5 Å². The number of carboxylic acids is 1. The van der Waals surface area contributed by atoms with Gasteiger partial charge in [0.05, 0.1) is 13.0 Å². The van der Waals surface area contributed by atoms with Crippen molar-refractivity contribution < 1.29 is 24.2 Å². The Morgan fingerprint density at radius 2 is 1.62 bits per heavy atom. The Bertz CT molecular complexity index is 1160. The van der Waals surface area contributed by atoms with Crippen molar-refractivity contribution in [2.75, 3.05) is 20.3 Å². The standard InChI is InChI=1S/C26H23NO5/c1-31-17-11-10-16-13-27(14-23(25(28)29)22(16)12-17)26(30)32-15-24-20-8-4-2-6-18(20)19-7-3-5-9-21(19)24/h2-12,23-24H,13-15H2,1H3,(H,28,29)/t23-/m1/s1. The summed E-state index contributed by atoms with van der Waals surface area (Å²) >= 11 is 0. The molecule has 5 rings (SSSR count). The summed E-state index contributed by atoms with van der Waals surface area (Å²) < 4.78 is 11.0. The first-order chi connectivity index (χ1) is 15.6.